The van der Waals surface area contributed by atoms with Crippen molar-refractivity contribution in [2.24, 2.45) is 0 Å². The molecule has 23 heavy (non-hydrogen) atoms. The molecular formula is C16H22N4O3. The average Bonchev–Trinajstić information content (AvgIpc) is 3.24. The number of carbonyl (C=O) groups is 1. The Balaban J connectivity index is 1.60. The number of nitrogens with zero attached hydrogens (tertiary/aromatic N) is 4. The molecule has 0 N–H and O–H groups in total. The molecule has 124 valence electrons. The summed E-state index contributed by atoms with van der Waals surface area (Å²) in [7, 11) is 0. The number of carbonyl (C=O) groups excluding carboxylic acids is 1. The maximum absolute atomic E-state index is 12.5. The Morgan fingerprint density at radius 2 is 2.22 bits per heavy atom. The van der Waals surface area contributed by atoms with Gasteiger partial charge in [-0.15, -0.1) is 0 Å². The monoisotopic (exact) mass is 318 g/mol. The van der Waals surface area contributed by atoms with E-state index in [4.69, 9.17) is 9.05 Å². The number of rotatable bonds is 5. The summed E-state index contributed by atoms with van der Waals surface area (Å²) >= 11 is 0. The Labute approximate surface area is 135 Å². The predicted octanol–water partition coefficient (Wildman–Crippen LogP) is 2.79. The van der Waals surface area contributed by atoms with Crippen molar-refractivity contribution in [1.29, 1.82) is 0 Å². The van der Waals surface area contributed by atoms with E-state index >= 15 is 0 Å². The van der Waals surface area contributed by atoms with Crippen molar-refractivity contribution >= 4 is 5.91 Å². The van der Waals surface area contributed by atoms with E-state index in [0.29, 0.717) is 24.6 Å². The van der Waals surface area contributed by atoms with E-state index in [9.17, 15) is 4.79 Å². The molecule has 7 heteroatoms. The van der Waals surface area contributed by atoms with Gasteiger partial charge in [0.15, 0.2) is 5.82 Å². The lowest BCUT2D eigenvalue weighted by molar-refractivity contribution is -0.132. The van der Waals surface area contributed by atoms with Gasteiger partial charge in [-0.3, -0.25) is 4.79 Å². The molecule has 3 heterocycles. The van der Waals surface area contributed by atoms with E-state index in [1.165, 1.54) is 0 Å². The van der Waals surface area contributed by atoms with Gasteiger partial charge in [-0.05, 0) is 19.8 Å². The molecule has 0 bridgehead atoms. The van der Waals surface area contributed by atoms with Crippen LogP contribution in [0.25, 0.3) is 0 Å². The van der Waals surface area contributed by atoms with Gasteiger partial charge in [0.05, 0.1) is 6.04 Å². The lowest BCUT2D eigenvalue weighted by atomic mass is 10.1. The zero-order valence-corrected chi connectivity index (χ0v) is 13.8. The van der Waals surface area contributed by atoms with Crippen LogP contribution < -0.4 is 0 Å². The minimum Gasteiger partial charge on any atom is -0.361 e. The van der Waals surface area contributed by atoms with E-state index in [0.717, 1.165) is 30.8 Å². The lowest BCUT2D eigenvalue weighted by Crippen LogP contribution is -2.30. The molecule has 0 saturated carbocycles. The topological polar surface area (TPSA) is 85.3 Å². The summed E-state index contributed by atoms with van der Waals surface area (Å²) in [6, 6.07) is 1.93. The van der Waals surface area contributed by atoms with Crippen LogP contribution in [0.4, 0.5) is 0 Å². The summed E-state index contributed by atoms with van der Waals surface area (Å²) in [6.07, 6.45) is 2.75. The average molecular weight is 318 g/mol. The molecule has 0 radical (unpaired) electrons. The van der Waals surface area contributed by atoms with Crippen LogP contribution in [0.15, 0.2) is 15.1 Å². The summed E-state index contributed by atoms with van der Waals surface area (Å²) in [6.45, 7) is 6.64. The molecule has 2 aromatic heterocycles. The number of hydrogen-bond acceptors (Lipinski definition) is 6. The fourth-order valence-corrected chi connectivity index (χ4v) is 2.88. The van der Waals surface area contributed by atoms with Gasteiger partial charge in [-0.1, -0.05) is 24.2 Å². The first kappa shape index (κ1) is 15.7. The number of hydrogen-bond donors (Lipinski definition) is 0. The summed E-state index contributed by atoms with van der Waals surface area (Å²) in [5, 5.41) is 7.98. The quantitative estimate of drug-likeness (QED) is 0.842. The van der Waals surface area contributed by atoms with Crippen molar-refractivity contribution in [3.8, 4) is 0 Å². The Hall–Kier alpha value is -2.18. The highest BCUT2D eigenvalue weighted by molar-refractivity contribution is 5.77. The normalized spacial score (nSPS) is 18.1. The van der Waals surface area contributed by atoms with Crippen LogP contribution in [0.2, 0.25) is 0 Å². The van der Waals surface area contributed by atoms with Gasteiger partial charge in [0.25, 0.3) is 0 Å². The van der Waals surface area contributed by atoms with Crippen molar-refractivity contribution in [3.05, 3.63) is 29.2 Å². The third-order valence-electron chi connectivity index (χ3n) is 4.11. The molecule has 1 aliphatic heterocycles. The SMILES string of the molecule is Cc1cc(C2CCCN2C(=O)CCc2nc(C(C)C)no2)no1. The molecule has 1 fully saturated rings. The highest BCUT2D eigenvalue weighted by Gasteiger charge is 2.31. The molecule has 0 aromatic carbocycles. The van der Waals surface area contributed by atoms with Gasteiger partial charge in [0.2, 0.25) is 11.8 Å². The Morgan fingerprint density at radius 3 is 2.87 bits per heavy atom. The van der Waals surface area contributed by atoms with Gasteiger partial charge >= 0.3 is 0 Å². The molecule has 0 aliphatic carbocycles. The molecule has 3 rings (SSSR count). The summed E-state index contributed by atoms with van der Waals surface area (Å²) in [5.41, 5.74) is 0.841. The Morgan fingerprint density at radius 1 is 1.39 bits per heavy atom. The first-order valence-corrected chi connectivity index (χ1v) is 8.09. The maximum Gasteiger partial charge on any atom is 0.227 e. The maximum atomic E-state index is 12.5. The number of aromatic nitrogens is 3. The Bertz CT molecular complexity index is 676. The minimum absolute atomic E-state index is 0.0221. The molecule has 0 spiro atoms. The van der Waals surface area contributed by atoms with Crippen LogP contribution >= 0.6 is 0 Å². The lowest BCUT2D eigenvalue weighted by Gasteiger charge is -2.22. The van der Waals surface area contributed by atoms with Crippen LogP contribution in [0.5, 0.6) is 0 Å². The van der Waals surface area contributed by atoms with Crippen molar-refractivity contribution < 1.29 is 13.8 Å². The fourth-order valence-electron chi connectivity index (χ4n) is 2.88. The van der Waals surface area contributed by atoms with Crippen molar-refractivity contribution in [2.75, 3.05) is 6.54 Å². The number of likely N-dealkylation sites (tertiary alicyclic amines) is 1. The molecule has 1 atom stereocenters. The molecule has 7 nitrogen and oxygen atoms in total. The van der Waals surface area contributed by atoms with Gasteiger partial charge in [-0.2, -0.15) is 4.98 Å². The van der Waals surface area contributed by atoms with E-state index in [2.05, 4.69) is 15.3 Å². The van der Waals surface area contributed by atoms with E-state index in [-0.39, 0.29) is 17.9 Å². The molecule has 1 saturated heterocycles. The first-order chi connectivity index (χ1) is 11.0. The highest BCUT2D eigenvalue weighted by atomic mass is 16.5. The van der Waals surface area contributed by atoms with Crippen LogP contribution in [0, 0.1) is 6.92 Å². The van der Waals surface area contributed by atoms with Crippen LogP contribution in [-0.4, -0.2) is 32.6 Å². The van der Waals surface area contributed by atoms with Crippen molar-refractivity contribution in [3.63, 3.8) is 0 Å². The first-order valence-electron chi connectivity index (χ1n) is 8.09. The predicted molar refractivity (Wildman–Crippen MR) is 81.6 cm³/mol. The van der Waals surface area contributed by atoms with E-state index in [1.54, 1.807) is 0 Å². The second-order valence-electron chi connectivity index (χ2n) is 6.31. The van der Waals surface area contributed by atoms with Gasteiger partial charge < -0.3 is 13.9 Å². The molecule has 1 amide bonds. The van der Waals surface area contributed by atoms with Crippen molar-refractivity contribution in [1.82, 2.24) is 20.2 Å². The zero-order chi connectivity index (χ0) is 16.4. The standard InChI is InChI=1S/C16H22N4O3/c1-10(2)16-17-14(23-19-16)6-7-15(21)20-8-4-5-13(20)12-9-11(3)22-18-12/h9-10,13H,4-8H2,1-3H3. The van der Waals surface area contributed by atoms with Gasteiger partial charge in [0.1, 0.15) is 11.5 Å². The molecule has 2 aromatic rings. The minimum atomic E-state index is 0.0221. The Kier molecular flexibility index (Phi) is 4.45. The summed E-state index contributed by atoms with van der Waals surface area (Å²) < 4.78 is 10.3. The third kappa shape index (κ3) is 3.43. The summed E-state index contributed by atoms with van der Waals surface area (Å²) in [5.74, 6) is 2.30. The zero-order valence-electron chi connectivity index (χ0n) is 13.8. The van der Waals surface area contributed by atoms with Crippen LogP contribution in [0.3, 0.4) is 0 Å². The summed E-state index contributed by atoms with van der Waals surface area (Å²) in [4.78, 5) is 18.7. The fraction of sp³-hybridized carbons (Fsp3) is 0.625. The smallest absolute Gasteiger partial charge is 0.227 e. The second-order valence-corrected chi connectivity index (χ2v) is 6.31. The molecule has 1 unspecified atom stereocenters. The molecular weight excluding hydrogens is 296 g/mol. The largest absolute Gasteiger partial charge is 0.361 e. The van der Waals surface area contributed by atoms with E-state index in [1.807, 2.05) is 31.7 Å². The van der Waals surface area contributed by atoms with Crippen molar-refractivity contribution in [2.45, 2.75) is 58.4 Å². The highest BCUT2D eigenvalue weighted by Crippen LogP contribution is 2.32. The van der Waals surface area contributed by atoms with Crippen LogP contribution in [0.1, 0.15) is 68.2 Å². The number of amides is 1. The number of aryl methyl sites for hydroxylation is 2. The van der Waals surface area contributed by atoms with Gasteiger partial charge in [-0.25, -0.2) is 0 Å². The molecule has 1 aliphatic rings. The van der Waals surface area contributed by atoms with Crippen LogP contribution in [-0.2, 0) is 11.2 Å². The second kappa shape index (κ2) is 6.52. The van der Waals surface area contributed by atoms with Gasteiger partial charge in [0, 0.05) is 31.4 Å². The van der Waals surface area contributed by atoms with E-state index < -0.39 is 0 Å². The third-order valence-corrected chi connectivity index (χ3v) is 4.11.